The molecule has 3 nitrogen and oxygen atoms in total. The second kappa shape index (κ2) is 8.65. The minimum Gasteiger partial charge on any atom is -0.497 e. The van der Waals surface area contributed by atoms with Crippen molar-refractivity contribution < 1.29 is 27.4 Å². The first-order valence-electron chi connectivity index (χ1n) is 8.99. The molecule has 146 valence electrons. The molecular formula is C21H23F3O3. The molecule has 0 amide bonds. The van der Waals surface area contributed by atoms with Gasteiger partial charge in [-0.25, -0.2) is 8.78 Å². The molecule has 3 rings (SSSR count). The molecule has 0 unspecified atom stereocenters. The summed E-state index contributed by atoms with van der Waals surface area (Å²) in [6.07, 6.45) is 3.01. The molecular weight excluding hydrogens is 357 g/mol. The summed E-state index contributed by atoms with van der Waals surface area (Å²) in [6.45, 7) is -0.00101. The maximum atomic E-state index is 14.2. The van der Waals surface area contributed by atoms with Crippen LogP contribution in [0.5, 0.6) is 11.5 Å². The predicted octanol–water partition coefficient (Wildman–Crippen LogP) is 5.36. The molecule has 0 heterocycles. The maximum absolute atomic E-state index is 14.2. The van der Waals surface area contributed by atoms with Crippen LogP contribution in [-0.4, -0.2) is 20.3 Å². The van der Waals surface area contributed by atoms with Crippen LogP contribution in [0.15, 0.2) is 30.3 Å². The van der Waals surface area contributed by atoms with Crippen molar-refractivity contribution in [2.75, 3.05) is 14.2 Å². The van der Waals surface area contributed by atoms with Crippen LogP contribution in [0.25, 0.3) is 0 Å². The van der Waals surface area contributed by atoms with Crippen molar-refractivity contribution in [2.24, 2.45) is 0 Å². The summed E-state index contributed by atoms with van der Waals surface area (Å²) < 4.78 is 57.6. The van der Waals surface area contributed by atoms with Gasteiger partial charge in [0.25, 0.3) is 0 Å². The van der Waals surface area contributed by atoms with E-state index in [0.29, 0.717) is 11.3 Å². The molecule has 1 aliphatic rings. The maximum Gasteiger partial charge on any atom is 0.200 e. The molecule has 0 bridgehead atoms. The Morgan fingerprint density at radius 1 is 0.889 bits per heavy atom. The van der Waals surface area contributed by atoms with E-state index in [9.17, 15) is 13.2 Å². The standard InChI is InChI=1S/C21H23F3O3/c1-25-16-8-9-17(18(22)11-16)13-3-6-15(7-4-13)27-12-14-5-10-19(26-2)21(24)20(14)23/h5,8-11,13,15H,3-4,6-7,12H2,1-2H3. The topological polar surface area (TPSA) is 27.7 Å². The number of hydrogen-bond donors (Lipinski definition) is 0. The minimum absolute atomic E-state index is 0.00101. The van der Waals surface area contributed by atoms with Gasteiger partial charge >= 0.3 is 0 Å². The second-order valence-electron chi connectivity index (χ2n) is 6.73. The Kier molecular flexibility index (Phi) is 6.26. The molecule has 2 aromatic carbocycles. The lowest BCUT2D eigenvalue weighted by Gasteiger charge is -2.29. The molecule has 6 heteroatoms. The molecule has 0 spiro atoms. The van der Waals surface area contributed by atoms with E-state index >= 15 is 0 Å². The third-order valence-corrected chi connectivity index (χ3v) is 5.14. The van der Waals surface area contributed by atoms with E-state index in [1.807, 2.05) is 0 Å². The Bertz CT molecular complexity index is 786. The largest absolute Gasteiger partial charge is 0.497 e. The van der Waals surface area contributed by atoms with E-state index in [4.69, 9.17) is 14.2 Å². The highest BCUT2D eigenvalue weighted by Crippen LogP contribution is 2.36. The summed E-state index contributed by atoms with van der Waals surface area (Å²) in [7, 11) is 2.80. The highest BCUT2D eigenvalue weighted by atomic mass is 19.2. The molecule has 0 radical (unpaired) electrons. The second-order valence-corrected chi connectivity index (χ2v) is 6.73. The van der Waals surface area contributed by atoms with Gasteiger partial charge in [-0.1, -0.05) is 6.07 Å². The van der Waals surface area contributed by atoms with Gasteiger partial charge in [-0.05, 0) is 55.4 Å². The van der Waals surface area contributed by atoms with Gasteiger partial charge in [0.1, 0.15) is 11.6 Å². The number of benzene rings is 2. The first-order valence-corrected chi connectivity index (χ1v) is 8.99. The fourth-order valence-corrected chi connectivity index (χ4v) is 3.55. The zero-order valence-electron chi connectivity index (χ0n) is 15.4. The summed E-state index contributed by atoms with van der Waals surface area (Å²) in [5.41, 5.74) is 0.856. The molecule has 1 saturated carbocycles. The van der Waals surface area contributed by atoms with Crippen LogP contribution in [0.4, 0.5) is 13.2 Å². The van der Waals surface area contributed by atoms with Gasteiger partial charge in [0.2, 0.25) is 5.82 Å². The van der Waals surface area contributed by atoms with Gasteiger partial charge in [0.05, 0.1) is 26.9 Å². The Balaban J connectivity index is 1.55. The van der Waals surface area contributed by atoms with Gasteiger partial charge in [-0.2, -0.15) is 4.39 Å². The van der Waals surface area contributed by atoms with Crippen molar-refractivity contribution in [3.63, 3.8) is 0 Å². The van der Waals surface area contributed by atoms with Crippen LogP contribution in [0, 0.1) is 17.5 Å². The van der Waals surface area contributed by atoms with Crippen molar-refractivity contribution >= 4 is 0 Å². The van der Waals surface area contributed by atoms with Crippen LogP contribution in [0.1, 0.15) is 42.7 Å². The first-order chi connectivity index (χ1) is 13.0. The minimum atomic E-state index is -1.00. The molecule has 0 aromatic heterocycles. The lowest BCUT2D eigenvalue weighted by atomic mass is 9.82. The van der Waals surface area contributed by atoms with E-state index in [1.165, 1.54) is 32.4 Å². The van der Waals surface area contributed by atoms with Crippen LogP contribution < -0.4 is 9.47 Å². The molecule has 1 aliphatic carbocycles. The average Bonchev–Trinajstić information content (AvgIpc) is 2.69. The van der Waals surface area contributed by atoms with Crippen LogP contribution in [-0.2, 0) is 11.3 Å². The van der Waals surface area contributed by atoms with Gasteiger partial charge in [0.15, 0.2) is 11.6 Å². The zero-order valence-corrected chi connectivity index (χ0v) is 15.4. The summed E-state index contributed by atoms with van der Waals surface area (Å²) in [6, 6.07) is 7.80. The molecule has 0 saturated heterocycles. The Hall–Kier alpha value is -2.21. The van der Waals surface area contributed by atoms with E-state index in [1.54, 1.807) is 12.1 Å². The van der Waals surface area contributed by atoms with Crippen LogP contribution >= 0.6 is 0 Å². The highest BCUT2D eigenvalue weighted by Gasteiger charge is 2.25. The number of hydrogen-bond acceptors (Lipinski definition) is 3. The Morgan fingerprint density at radius 2 is 1.63 bits per heavy atom. The van der Waals surface area contributed by atoms with E-state index in [2.05, 4.69) is 0 Å². The highest BCUT2D eigenvalue weighted by molar-refractivity contribution is 5.32. The van der Waals surface area contributed by atoms with Gasteiger partial charge in [-0.15, -0.1) is 0 Å². The van der Waals surface area contributed by atoms with Crippen LogP contribution in [0.2, 0.25) is 0 Å². The van der Waals surface area contributed by atoms with Gasteiger partial charge in [-0.3, -0.25) is 0 Å². The quantitative estimate of drug-likeness (QED) is 0.675. The summed E-state index contributed by atoms with van der Waals surface area (Å²) >= 11 is 0. The average molecular weight is 380 g/mol. The fourth-order valence-electron chi connectivity index (χ4n) is 3.55. The molecule has 0 atom stereocenters. The summed E-state index contributed by atoms with van der Waals surface area (Å²) in [5, 5.41) is 0. The van der Waals surface area contributed by atoms with Crippen molar-refractivity contribution in [2.45, 2.75) is 44.3 Å². The molecule has 0 N–H and O–H groups in total. The zero-order chi connectivity index (χ0) is 19.4. The van der Waals surface area contributed by atoms with E-state index in [-0.39, 0.29) is 35.8 Å². The van der Waals surface area contributed by atoms with Gasteiger partial charge < -0.3 is 14.2 Å². The Morgan fingerprint density at radius 3 is 2.26 bits per heavy atom. The van der Waals surface area contributed by atoms with Crippen molar-refractivity contribution in [3.05, 3.63) is 58.9 Å². The van der Waals surface area contributed by atoms with E-state index < -0.39 is 11.6 Å². The lowest BCUT2D eigenvalue weighted by Crippen LogP contribution is -2.21. The van der Waals surface area contributed by atoms with Crippen molar-refractivity contribution in [1.82, 2.24) is 0 Å². The predicted molar refractivity (Wildman–Crippen MR) is 95.6 cm³/mol. The summed E-state index contributed by atoms with van der Waals surface area (Å²) in [4.78, 5) is 0. The number of rotatable bonds is 6. The lowest BCUT2D eigenvalue weighted by molar-refractivity contribution is 0.0116. The smallest absolute Gasteiger partial charge is 0.200 e. The third kappa shape index (κ3) is 4.38. The SMILES string of the molecule is COc1ccc(C2CCC(OCc3ccc(OC)c(F)c3F)CC2)c(F)c1. The molecule has 0 aliphatic heterocycles. The normalized spacial score (nSPS) is 19.7. The Labute approximate surface area is 157 Å². The van der Waals surface area contributed by atoms with Crippen LogP contribution in [0.3, 0.4) is 0 Å². The van der Waals surface area contributed by atoms with Gasteiger partial charge in [0, 0.05) is 11.6 Å². The molecule has 27 heavy (non-hydrogen) atoms. The molecule has 1 fully saturated rings. The third-order valence-electron chi connectivity index (χ3n) is 5.14. The number of ether oxygens (including phenoxy) is 3. The van der Waals surface area contributed by atoms with E-state index in [0.717, 1.165) is 25.7 Å². The fraction of sp³-hybridized carbons (Fsp3) is 0.429. The monoisotopic (exact) mass is 380 g/mol. The molecule has 2 aromatic rings. The number of halogens is 3. The number of methoxy groups -OCH3 is 2. The summed E-state index contributed by atoms with van der Waals surface area (Å²) in [5.74, 6) is -1.69. The van der Waals surface area contributed by atoms with Crippen molar-refractivity contribution in [3.8, 4) is 11.5 Å². The van der Waals surface area contributed by atoms with Crippen molar-refractivity contribution in [1.29, 1.82) is 0 Å². The first kappa shape index (κ1) is 19.5.